The third-order valence-electron chi connectivity index (χ3n) is 5.21. The van der Waals surface area contributed by atoms with Crippen molar-refractivity contribution in [2.24, 2.45) is 5.92 Å². The molecule has 1 N–H and O–H groups in total. The summed E-state index contributed by atoms with van der Waals surface area (Å²) in [6.07, 6.45) is 8.52. The Hall–Kier alpha value is -1.35. The number of hydrogen-bond acceptors (Lipinski definition) is 3. The fourth-order valence-corrected chi connectivity index (χ4v) is 3.75. The van der Waals surface area contributed by atoms with Crippen molar-refractivity contribution in [1.29, 1.82) is 0 Å². The third-order valence-corrected chi connectivity index (χ3v) is 5.21. The Morgan fingerprint density at radius 1 is 1.09 bits per heavy atom. The van der Waals surface area contributed by atoms with Crippen LogP contribution < -0.4 is 5.32 Å². The van der Waals surface area contributed by atoms with Crippen molar-refractivity contribution in [3.8, 4) is 0 Å². The van der Waals surface area contributed by atoms with Gasteiger partial charge in [-0.25, -0.2) is 0 Å². The van der Waals surface area contributed by atoms with E-state index >= 15 is 0 Å². The van der Waals surface area contributed by atoms with Crippen LogP contribution in [0, 0.1) is 5.92 Å². The highest BCUT2D eigenvalue weighted by molar-refractivity contribution is 5.98. The number of hydrogen-bond donors (Lipinski definition) is 1. The molecular weight excluding hydrogens is 272 g/mol. The molecule has 22 heavy (non-hydrogen) atoms. The monoisotopic (exact) mass is 300 g/mol. The third kappa shape index (κ3) is 3.89. The summed E-state index contributed by atoms with van der Waals surface area (Å²) in [5, 5.41) is 3.63. The zero-order valence-electron chi connectivity index (χ0n) is 13.7. The van der Waals surface area contributed by atoms with Gasteiger partial charge in [-0.1, -0.05) is 31.4 Å². The van der Waals surface area contributed by atoms with E-state index in [0.717, 1.165) is 37.2 Å². The molecule has 3 rings (SSSR count). The lowest BCUT2D eigenvalue weighted by Gasteiger charge is -2.28. The van der Waals surface area contributed by atoms with Crippen molar-refractivity contribution < 1.29 is 4.79 Å². The fourth-order valence-electron chi connectivity index (χ4n) is 3.75. The molecule has 0 aromatic heterocycles. The predicted molar refractivity (Wildman–Crippen MR) is 91.5 cm³/mol. The SMILES string of the molecule is CN1CCC(C(=O)c2cccc(NC3CCCCC3)c2)CC1. The largest absolute Gasteiger partial charge is 0.382 e. The van der Waals surface area contributed by atoms with E-state index in [1.165, 1.54) is 32.1 Å². The van der Waals surface area contributed by atoms with Gasteiger partial charge in [0.25, 0.3) is 0 Å². The lowest BCUT2D eigenvalue weighted by Crippen LogP contribution is -2.33. The van der Waals surface area contributed by atoms with Crippen LogP contribution >= 0.6 is 0 Å². The zero-order valence-corrected chi connectivity index (χ0v) is 13.7. The van der Waals surface area contributed by atoms with E-state index in [4.69, 9.17) is 0 Å². The van der Waals surface area contributed by atoms with E-state index < -0.39 is 0 Å². The molecular formula is C19H28N2O. The average Bonchev–Trinajstić information content (AvgIpc) is 2.56. The second-order valence-corrected chi connectivity index (χ2v) is 7.00. The summed E-state index contributed by atoms with van der Waals surface area (Å²) in [6, 6.07) is 8.75. The van der Waals surface area contributed by atoms with Gasteiger partial charge < -0.3 is 10.2 Å². The molecule has 0 amide bonds. The van der Waals surface area contributed by atoms with E-state index in [9.17, 15) is 4.79 Å². The Morgan fingerprint density at radius 3 is 2.55 bits per heavy atom. The maximum absolute atomic E-state index is 12.7. The minimum Gasteiger partial charge on any atom is -0.382 e. The molecule has 1 aromatic rings. The molecule has 1 aromatic carbocycles. The summed E-state index contributed by atoms with van der Waals surface area (Å²) in [7, 11) is 2.13. The van der Waals surface area contributed by atoms with Crippen LogP contribution in [0.1, 0.15) is 55.3 Å². The lowest BCUT2D eigenvalue weighted by molar-refractivity contribution is 0.0857. The van der Waals surface area contributed by atoms with Crippen LogP contribution in [0.5, 0.6) is 0 Å². The summed E-state index contributed by atoms with van der Waals surface area (Å²) < 4.78 is 0. The predicted octanol–water partition coefficient (Wildman–Crippen LogP) is 3.96. The molecule has 2 aliphatic rings. The first-order valence-electron chi connectivity index (χ1n) is 8.82. The van der Waals surface area contributed by atoms with Gasteiger partial charge in [-0.3, -0.25) is 4.79 Å². The molecule has 1 saturated carbocycles. The van der Waals surface area contributed by atoms with Crippen LogP contribution in [0.25, 0.3) is 0 Å². The summed E-state index contributed by atoms with van der Waals surface area (Å²) in [5.74, 6) is 0.543. The fraction of sp³-hybridized carbons (Fsp3) is 0.632. The van der Waals surface area contributed by atoms with E-state index in [2.05, 4.69) is 29.4 Å². The zero-order chi connectivity index (χ0) is 15.4. The Labute approximate surface area is 134 Å². The van der Waals surface area contributed by atoms with Gasteiger partial charge in [0.1, 0.15) is 0 Å². The highest BCUT2D eigenvalue weighted by Gasteiger charge is 2.24. The number of likely N-dealkylation sites (tertiary alicyclic amines) is 1. The van der Waals surface area contributed by atoms with E-state index in [0.29, 0.717) is 11.8 Å². The maximum atomic E-state index is 12.7. The smallest absolute Gasteiger partial charge is 0.166 e. The number of benzene rings is 1. The second-order valence-electron chi connectivity index (χ2n) is 7.00. The molecule has 1 saturated heterocycles. The molecule has 2 fully saturated rings. The molecule has 120 valence electrons. The Balaban J connectivity index is 1.63. The topological polar surface area (TPSA) is 32.3 Å². The van der Waals surface area contributed by atoms with Crippen LogP contribution in [0.15, 0.2) is 24.3 Å². The van der Waals surface area contributed by atoms with E-state index in [-0.39, 0.29) is 5.92 Å². The number of Topliss-reactive ketones (excluding diaryl/α,β-unsaturated/α-hetero) is 1. The van der Waals surface area contributed by atoms with Crippen LogP contribution in [0.4, 0.5) is 5.69 Å². The van der Waals surface area contributed by atoms with Gasteiger partial charge in [-0.15, -0.1) is 0 Å². The van der Waals surface area contributed by atoms with Crippen LogP contribution in [-0.2, 0) is 0 Å². The quantitative estimate of drug-likeness (QED) is 0.854. The first-order chi connectivity index (χ1) is 10.7. The number of nitrogens with one attached hydrogen (secondary N) is 1. The number of carbonyl (C=O) groups excluding carboxylic acids is 1. The molecule has 0 atom stereocenters. The highest BCUT2D eigenvalue weighted by Crippen LogP contribution is 2.25. The maximum Gasteiger partial charge on any atom is 0.166 e. The van der Waals surface area contributed by atoms with Crippen molar-refractivity contribution >= 4 is 11.5 Å². The standard InChI is InChI=1S/C19H28N2O/c1-21-12-10-15(11-13-21)19(22)16-6-5-9-18(14-16)20-17-7-3-2-4-8-17/h5-6,9,14-15,17,20H,2-4,7-8,10-13H2,1H3. The molecule has 0 unspecified atom stereocenters. The summed E-state index contributed by atoms with van der Waals surface area (Å²) in [4.78, 5) is 15.0. The minimum atomic E-state index is 0.209. The molecule has 1 heterocycles. The van der Waals surface area contributed by atoms with Gasteiger partial charge in [0.2, 0.25) is 0 Å². The average molecular weight is 300 g/mol. The Kier molecular flexibility index (Phi) is 5.14. The molecule has 3 heteroatoms. The number of rotatable bonds is 4. The number of carbonyl (C=O) groups is 1. The minimum absolute atomic E-state index is 0.209. The van der Waals surface area contributed by atoms with Crippen molar-refractivity contribution in [3.63, 3.8) is 0 Å². The molecule has 1 aliphatic heterocycles. The lowest BCUT2D eigenvalue weighted by atomic mass is 9.89. The normalized spacial score (nSPS) is 21.7. The molecule has 1 aliphatic carbocycles. The van der Waals surface area contributed by atoms with Crippen LogP contribution in [-0.4, -0.2) is 36.9 Å². The van der Waals surface area contributed by atoms with Crippen molar-refractivity contribution in [1.82, 2.24) is 4.90 Å². The van der Waals surface area contributed by atoms with E-state index in [1.807, 2.05) is 12.1 Å². The second kappa shape index (κ2) is 7.28. The van der Waals surface area contributed by atoms with Crippen molar-refractivity contribution in [2.45, 2.75) is 51.0 Å². The van der Waals surface area contributed by atoms with Gasteiger partial charge in [0.15, 0.2) is 5.78 Å². The van der Waals surface area contributed by atoms with Gasteiger partial charge in [-0.2, -0.15) is 0 Å². The van der Waals surface area contributed by atoms with Crippen LogP contribution in [0.3, 0.4) is 0 Å². The summed E-state index contributed by atoms with van der Waals surface area (Å²) in [5.41, 5.74) is 2.00. The molecule has 3 nitrogen and oxygen atoms in total. The Bertz CT molecular complexity index is 500. The summed E-state index contributed by atoms with van der Waals surface area (Å²) >= 11 is 0. The molecule has 0 bridgehead atoms. The first kappa shape index (κ1) is 15.5. The van der Waals surface area contributed by atoms with Gasteiger partial charge in [0.05, 0.1) is 0 Å². The van der Waals surface area contributed by atoms with Crippen LogP contribution in [0.2, 0.25) is 0 Å². The number of nitrogens with zero attached hydrogens (tertiary/aromatic N) is 1. The number of piperidine rings is 1. The van der Waals surface area contributed by atoms with Gasteiger partial charge >= 0.3 is 0 Å². The first-order valence-corrected chi connectivity index (χ1v) is 8.82. The van der Waals surface area contributed by atoms with Gasteiger partial charge in [-0.05, 0) is 58.0 Å². The molecule has 0 spiro atoms. The molecule has 0 radical (unpaired) electrons. The highest BCUT2D eigenvalue weighted by atomic mass is 16.1. The van der Waals surface area contributed by atoms with Gasteiger partial charge in [0, 0.05) is 23.2 Å². The van der Waals surface area contributed by atoms with E-state index in [1.54, 1.807) is 0 Å². The number of anilines is 1. The van der Waals surface area contributed by atoms with Crippen molar-refractivity contribution in [3.05, 3.63) is 29.8 Å². The van der Waals surface area contributed by atoms with Crippen molar-refractivity contribution in [2.75, 3.05) is 25.5 Å². The Morgan fingerprint density at radius 2 is 1.82 bits per heavy atom. The number of ketones is 1. The summed E-state index contributed by atoms with van der Waals surface area (Å²) in [6.45, 7) is 2.08.